The Labute approximate surface area is 401 Å². The third-order valence-corrected chi connectivity index (χ3v) is 12.7. The van der Waals surface area contributed by atoms with Crippen molar-refractivity contribution in [2.24, 2.45) is 10.8 Å². The molecule has 0 aliphatic heterocycles. The minimum Gasteiger partial charge on any atom is -0.396 e. The van der Waals surface area contributed by atoms with Crippen molar-refractivity contribution in [2.75, 3.05) is 140 Å². The highest BCUT2D eigenvalue weighted by Crippen LogP contribution is 2.53. The summed E-state index contributed by atoms with van der Waals surface area (Å²) >= 11 is 0. The fourth-order valence-corrected chi connectivity index (χ4v) is 8.50. The summed E-state index contributed by atoms with van der Waals surface area (Å²) in [4.78, 5) is 9.88. The molecule has 0 radical (unpaired) electrons. The fraction of sp³-hybridized carbons (Fsp3) is 0.667. The Morgan fingerprint density at radius 1 is 0.397 bits per heavy atom. The second-order valence-corrected chi connectivity index (χ2v) is 19.9. The molecule has 0 bridgehead atoms. The summed E-state index contributed by atoms with van der Waals surface area (Å²) in [6.07, 6.45) is 37.3. The van der Waals surface area contributed by atoms with E-state index in [0.717, 1.165) is 14.2 Å². The average molecular weight is 1040 g/mol. The number of terminal acetylenes is 7. The zero-order chi connectivity index (χ0) is 51.5. The Morgan fingerprint density at radius 2 is 0.691 bits per heavy atom. The van der Waals surface area contributed by atoms with Crippen LogP contribution < -0.4 is 0 Å². The van der Waals surface area contributed by atoms with E-state index in [9.17, 15) is 23.2 Å². The molecule has 384 valence electrons. The Morgan fingerprint density at radius 3 is 1.00 bits per heavy atom. The fourth-order valence-electron chi connectivity index (χ4n) is 4.24. The summed E-state index contributed by atoms with van der Waals surface area (Å²) in [5.41, 5.74) is -2.58. The van der Waals surface area contributed by atoms with Crippen LogP contribution in [0.1, 0.15) is 32.1 Å². The Hall–Kier alpha value is -2.88. The lowest BCUT2D eigenvalue weighted by molar-refractivity contribution is -0.0688. The topological polar surface area (TPSA) is 267 Å². The van der Waals surface area contributed by atoms with Gasteiger partial charge in [0.25, 0.3) is 0 Å². The molecule has 3 N–H and O–H groups in total. The largest absolute Gasteiger partial charge is 0.474 e. The van der Waals surface area contributed by atoms with Gasteiger partial charge in [0.2, 0.25) is 0 Å². The molecule has 0 spiro atoms. The van der Waals surface area contributed by atoms with Gasteiger partial charge in [-0.15, -0.1) is 62.7 Å². The van der Waals surface area contributed by atoms with Crippen molar-refractivity contribution in [2.45, 2.75) is 32.1 Å². The monoisotopic (exact) mass is 1040 g/mol. The van der Waals surface area contributed by atoms with Crippen LogP contribution >= 0.6 is 31.3 Å². The molecular formula is C42H64O22P4. The number of aliphatic hydroxyl groups excluding tert-OH is 2. The molecule has 26 heteroatoms. The molecule has 0 saturated carbocycles. The number of phosphoric ester groups is 4. The van der Waals surface area contributed by atoms with Gasteiger partial charge >= 0.3 is 31.3 Å². The minimum atomic E-state index is -4.50. The first-order valence-corrected chi connectivity index (χ1v) is 26.0. The number of phosphoric acid groups is 4. The van der Waals surface area contributed by atoms with E-state index in [-0.39, 0.29) is 138 Å². The van der Waals surface area contributed by atoms with Crippen LogP contribution in [0.25, 0.3) is 0 Å². The maximum absolute atomic E-state index is 13.2. The molecule has 0 fully saturated rings. The average Bonchev–Trinajstić information content (AvgIpc) is 3.32. The van der Waals surface area contributed by atoms with E-state index in [2.05, 4.69) is 41.4 Å². The Kier molecular flexibility index (Phi) is 40.3. The van der Waals surface area contributed by atoms with Crippen LogP contribution in [-0.2, 0) is 87.0 Å². The van der Waals surface area contributed by atoms with Gasteiger partial charge < -0.3 is 34.1 Å². The molecule has 68 heavy (non-hydrogen) atoms. The van der Waals surface area contributed by atoms with E-state index in [1.54, 1.807) is 0 Å². The first-order valence-electron chi connectivity index (χ1n) is 20.1. The lowest BCUT2D eigenvalue weighted by atomic mass is 9.92. The van der Waals surface area contributed by atoms with Gasteiger partial charge in [0.15, 0.2) is 0 Å². The first-order chi connectivity index (χ1) is 32.5. The van der Waals surface area contributed by atoms with Crippen molar-refractivity contribution in [3.05, 3.63) is 0 Å². The molecule has 4 atom stereocenters. The van der Waals surface area contributed by atoms with Crippen LogP contribution in [0.4, 0.5) is 0 Å². The predicted molar refractivity (Wildman–Crippen MR) is 247 cm³/mol. The number of rotatable bonds is 43. The summed E-state index contributed by atoms with van der Waals surface area (Å²) in [7, 11) is -14.5. The van der Waals surface area contributed by atoms with Gasteiger partial charge in [0, 0.05) is 46.7 Å². The predicted octanol–water partition coefficient (Wildman–Crippen LogP) is 4.25. The summed E-state index contributed by atoms with van der Waals surface area (Å²) < 4.78 is 129. The second kappa shape index (κ2) is 40.8. The quantitative estimate of drug-likeness (QED) is 0.0438. The molecular weight excluding hydrogens is 980 g/mol. The van der Waals surface area contributed by atoms with Crippen LogP contribution in [0.3, 0.4) is 0 Å². The summed E-state index contributed by atoms with van der Waals surface area (Å²) in [6, 6.07) is 0. The highest BCUT2D eigenvalue weighted by molar-refractivity contribution is 7.49. The van der Waals surface area contributed by atoms with Crippen LogP contribution in [0.2, 0.25) is 0 Å². The van der Waals surface area contributed by atoms with Gasteiger partial charge in [-0.05, 0) is 12.8 Å². The van der Waals surface area contributed by atoms with Gasteiger partial charge in [-0.3, -0.25) is 49.8 Å². The van der Waals surface area contributed by atoms with Crippen molar-refractivity contribution < 1.29 is 102 Å². The van der Waals surface area contributed by atoms with E-state index in [1.807, 2.05) is 0 Å². The highest BCUT2D eigenvalue weighted by Gasteiger charge is 2.41. The standard InChI is InChI=1S/C23H34O11P2.C19H30O11P2/c1-6-10-16-30-35(25,27-5)33-21-23(19-28-14-8-3,20-29-15-9-4)22-34-36(26,31-17-11-7-2)32-18-12-13-24;1-5-8-13-28-32(23,24-4)30-18-19(15-25-11-6-2,16-26-12-7-3)17-29-31(21,22)27-14-9-10-20/h1-4,24H,10-22H2,5H3;1-3,20H,8-18H2,4H3,(H,21,22). The Bertz CT molecular complexity index is 1820. The van der Waals surface area contributed by atoms with E-state index in [0.29, 0.717) is 0 Å². The maximum atomic E-state index is 13.2. The molecule has 0 aliphatic rings. The smallest absolute Gasteiger partial charge is 0.396 e. The molecule has 0 aromatic carbocycles. The van der Waals surface area contributed by atoms with E-state index in [1.165, 1.54) is 0 Å². The number of aliphatic hydroxyl groups is 2. The zero-order valence-corrected chi connectivity index (χ0v) is 42.0. The van der Waals surface area contributed by atoms with Crippen molar-refractivity contribution in [3.63, 3.8) is 0 Å². The normalized spacial score (nSPS) is 14.8. The molecule has 4 unspecified atom stereocenters. The van der Waals surface area contributed by atoms with E-state index >= 15 is 0 Å². The third-order valence-electron chi connectivity index (χ3n) is 7.54. The van der Waals surface area contributed by atoms with E-state index in [4.69, 9.17) is 124 Å². The van der Waals surface area contributed by atoms with Gasteiger partial charge in [-0.2, -0.15) is 0 Å². The Balaban J connectivity index is 0. The summed E-state index contributed by atoms with van der Waals surface area (Å²) in [5, 5.41) is 17.8. The number of ether oxygens (including phenoxy) is 4. The highest BCUT2D eigenvalue weighted by atomic mass is 31.2. The van der Waals surface area contributed by atoms with Gasteiger partial charge in [-0.25, -0.2) is 18.3 Å². The lowest BCUT2D eigenvalue weighted by Gasteiger charge is -2.34. The lowest BCUT2D eigenvalue weighted by Crippen LogP contribution is -2.41. The molecule has 0 rings (SSSR count). The zero-order valence-electron chi connectivity index (χ0n) is 38.4. The molecule has 0 aromatic heterocycles. The maximum Gasteiger partial charge on any atom is 0.474 e. The molecule has 0 saturated heterocycles. The van der Waals surface area contributed by atoms with Crippen molar-refractivity contribution in [1.82, 2.24) is 0 Å². The van der Waals surface area contributed by atoms with Gasteiger partial charge in [0.1, 0.15) is 26.4 Å². The SMILES string of the molecule is C#CCCOP(=O)(OC)OCC(COCC#C)(COCC#C)COP(=O)(O)OCCCO.C#CCCOP(=O)(OC)OCC(COCC#C)(COCC#C)COP(=O)(OCCC#C)OCCCO. The third kappa shape index (κ3) is 33.6. The number of hydrogen-bond donors (Lipinski definition) is 3. The molecule has 0 aliphatic carbocycles. The second-order valence-electron chi connectivity index (χ2n) is 13.2. The van der Waals surface area contributed by atoms with Crippen molar-refractivity contribution in [1.29, 1.82) is 0 Å². The van der Waals surface area contributed by atoms with Crippen molar-refractivity contribution in [3.8, 4) is 86.4 Å². The van der Waals surface area contributed by atoms with Crippen LogP contribution in [0.5, 0.6) is 0 Å². The van der Waals surface area contributed by atoms with Crippen LogP contribution in [0, 0.1) is 97.2 Å². The summed E-state index contributed by atoms with van der Waals surface area (Å²) in [6.45, 7) is -3.78. The first kappa shape index (κ1) is 67.2. The van der Waals surface area contributed by atoms with Crippen LogP contribution in [0.15, 0.2) is 0 Å². The number of hydrogen-bond acceptors (Lipinski definition) is 21. The van der Waals surface area contributed by atoms with Crippen LogP contribution in [-0.4, -0.2) is 155 Å². The molecule has 0 aromatic rings. The van der Waals surface area contributed by atoms with Crippen molar-refractivity contribution >= 4 is 31.3 Å². The minimum absolute atomic E-state index is 0.0801. The molecule has 0 amide bonds. The molecule has 0 heterocycles. The summed E-state index contributed by atoms with van der Waals surface area (Å²) in [5.74, 6) is 16.2. The van der Waals surface area contributed by atoms with Gasteiger partial charge in [0.05, 0.1) is 96.7 Å². The molecule has 22 nitrogen and oxygen atoms in total. The van der Waals surface area contributed by atoms with Gasteiger partial charge in [-0.1, -0.05) is 23.7 Å². The van der Waals surface area contributed by atoms with E-state index < -0.39 is 61.9 Å².